The number of aryl methyl sites for hydroxylation is 1. The summed E-state index contributed by atoms with van der Waals surface area (Å²) in [6.07, 6.45) is -2.42. The molecule has 4 atom stereocenters. The number of hydrogen-bond acceptors (Lipinski definition) is 4. The molecule has 4 rings (SSSR count). The standard InChI is InChI=1S/C20H18F4N2O3/c1-10-7-8-25-12(9-10)16-13-5-6-14(28-13)17(16)19(27)26-11-3-2-4-15(18(11)21)29-20(22,23)24/h2-4,7-9,13-14,16-17H,5-6H2,1H3,(H,26,27)/t13-,14+,16+,17-/m0/s1. The Morgan fingerprint density at radius 3 is 2.72 bits per heavy atom. The summed E-state index contributed by atoms with van der Waals surface area (Å²) < 4.78 is 61.3. The second-order valence-corrected chi connectivity index (χ2v) is 7.25. The van der Waals surface area contributed by atoms with Crippen LogP contribution in [0.25, 0.3) is 0 Å². The van der Waals surface area contributed by atoms with Crippen LogP contribution in [0.2, 0.25) is 0 Å². The Balaban J connectivity index is 1.59. The topological polar surface area (TPSA) is 60.5 Å². The van der Waals surface area contributed by atoms with Gasteiger partial charge in [-0.2, -0.15) is 0 Å². The minimum atomic E-state index is -5.04. The van der Waals surface area contributed by atoms with E-state index in [0.29, 0.717) is 12.1 Å². The van der Waals surface area contributed by atoms with Crippen LogP contribution in [0.15, 0.2) is 36.5 Å². The van der Waals surface area contributed by atoms with Crippen molar-refractivity contribution < 1.29 is 31.8 Å². The zero-order valence-electron chi connectivity index (χ0n) is 15.4. The minimum absolute atomic E-state index is 0.171. The lowest BCUT2D eigenvalue weighted by Gasteiger charge is -2.27. The number of anilines is 1. The molecule has 5 nitrogen and oxygen atoms in total. The number of carbonyl (C=O) groups is 1. The molecule has 1 aromatic carbocycles. The SMILES string of the molecule is Cc1ccnc([C@H]2[C@@H](C(=O)Nc3cccc(OC(F)(F)F)c3F)[C@H]3CC[C@@H]2O3)c1. The number of pyridine rings is 1. The van der Waals surface area contributed by atoms with Gasteiger partial charge in [0.1, 0.15) is 0 Å². The molecule has 2 saturated heterocycles. The molecule has 1 amide bonds. The maximum Gasteiger partial charge on any atom is 0.573 e. The van der Waals surface area contributed by atoms with Gasteiger partial charge in [0.2, 0.25) is 5.91 Å². The van der Waals surface area contributed by atoms with E-state index in [2.05, 4.69) is 15.0 Å². The van der Waals surface area contributed by atoms with Crippen molar-refractivity contribution in [3.05, 3.63) is 53.6 Å². The summed E-state index contributed by atoms with van der Waals surface area (Å²) in [6.45, 7) is 1.91. The van der Waals surface area contributed by atoms with Crippen LogP contribution in [0.1, 0.15) is 30.0 Å². The van der Waals surface area contributed by atoms with E-state index >= 15 is 0 Å². The number of alkyl halides is 3. The molecule has 0 saturated carbocycles. The Labute approximate surface area is 164 Å². The van der Waals surface area contributed by atoms with Crippen molar-refractivity contribution in [3.8, 4) is 5.75 Å². The number of ether oxygens (including phenoxy) is 2. The Kier molecular flexibility index (Phi) is 4.94. The van der Waals surface area contributed by atoms with Crippen LogP contribution in [0.5, 0.6) is 5.75 Å². The van der Waals surface area contributed by atoms with Gasteiger partial charge in [0.25, 0.3) is 0 Å². The van der Waals surface area contributed by atoms with Gasteiger partial charge in [0.05, 0.1) is 23.8 Å². The van der Waals surface area contributed by atoms with Crippen molar-refractivity contribution in [2.24, 2.45) is 5.92 Å². The summed E-state index contributed by atoms with van der Waals surface area (Å²) in [7, 11) is 0. The molecule has 0 aliphatic carbocycles. The number of carbonyl (C=O) groups excluding carboxylic acids is 1. The second kappa shape index (κ2) is 7.29. The highest BCUT2D eigenvalue weighted by molar-refractivity contribution is 5.94. The highest BCUT2D eigenvalue weighted by atomic mass is 19.4. The number of hydrogen-bond donors (Lipinski definition) is 1. The number of halogens is 4. The number of aromatic nitrogens is 1. The summed E-state index contributed by atoms with van der Waals surface area (Å²) in [4.78, 5) is 17.3. The number of benzene rings is 1. The van der Waals surface area contributed by atoms with Gasteiger partial charge in [-0.1, -0.05) is 6.07 Å². The summed E-state index contributed by atoms with van der Waals surface area (Å²) in [6, 6.07) is 6.93. The van der Waals surface area contributed by atoms with Crippen LogP contribution in [-0.2, 0) is 9.53 Å². The zero-order valence-corrected chi connectivity index (χ0v) is 15.4. The first-order valence-corrected chi connectivity index (χ1v) is 9.16. The van der Waals surface area contributed by atoms with Crippen molar-refractivity contribution in [2.75, 3.05) is 5.32 Å². The second-order valence-electron chi connectivity index (χ2n) is 7.25. The number of nitrogens with zero attached hydrogens (tertiary/aromatic N) is 1. The highest BCUT2D eigenvalue weighted by Crippen LogP contribution is 2.49. The van der Waals surface area contributed by atoms with E-state index in [0.717, 1.165) is 18.1 Å². The van der Waals surface area contributed by atoms with Gasteiger partial charge in [-0.25, -0.2) is 4.39 Å². The lowest BCUT2D eigenvalue weighted by atomic mass is 9.76. The highest BCUT2D eigenvalue weighted by Gasteiger charge is 2.53. The molecular weight excluding hydrogens is 392 g/mol. The van der Waals surface area contributed by atoms with Gasteiger partial charge >= 0.3 is 6.36 Å². The third kappa shape index (κ3) is 3.91. The lowest BCUT2D eigenvalue weighted by molar-refractivity contribution is -0.275. The molecule has 2 bridgehead atoms. The Hall–Kier alpha value is -2.68. The fourth-order valence-electron chi connectivity index (χ4n) is 4.16. The van der Waals surface area contributed by atoms with Crippen molar-refractivity contribution in [3.63, 3.8) is 0 Å². The number of fused-ring (bicyclic) bond motifs is 2. The summed E-state index contributed by atoms with van der Waals surface area (Å²) in [5, 5.41) is 2.41. The molecule has 2 fully saturated rings. The molecule has 2 aliphatic heterocycles. The van der Waals surface area contributed by atoms with E-state index in [1.54, 1.807) is 6.20 Å². The maximum absolute atomic E-state index is 14.4. The summed E-state index contributed by atoms with van der Waals surface area (Å²) >= 11 is 0. The first-order valence-electron chi connectivity index (χ1n) is 9.16. The molecule has 0 radical (unpaired) electrons. The van der Waals surface area contributed by atoms with Gasteiger partial charge in [-0.05, 0) is 49.6 Å². The molecular formula is C20H18F4N2O3. The molecule has 9 heteroatoms. The molecule has 0 unspecified atom stereocenters. The molecule has 154 valence electrons. The average Bonchev–Trinajstić information content (AvgIpc) is 3.25. The first-order chi connectivity index (χ1) is 13.7. The van der Waals surface area contributed by atoms with E-state index in [1.165, 1.54) is 12.1 Å². The van der Waals surface area contributed by atoms with Crippen molar-refractivity contribution in [1.29, 1.82) is 0 Å². The smallest absolute Gasteiger partial charge is 0.403 e. The fraction of sp³-hybridized carbons (Fsp3) is 0.400. The molecule has 2 aromatic rings. The number of rotatable bonds is 4. The van der Waals surface area contributed by atoms with Crippen LogP contribution >= 0.6 is 0 Å². The van der Waals surface area contributed by atoms with Crippen LogP contribution in [0.3, 0.4) is 0 Å². The normalized spacial score (nSPS) is 25.8. The Morgan fingerprint density at radius 1 is 1.24 bits per heavy atom. The molecule has 1 aromatic heterocycles. The van der Waals surface area contributed by atoms with Crippen molar-refractivity contribution in [1.82, 2.24) is 4.98 Å². The van der Waals surface area contributed by atoms with Crippen LogP contribution in [-0.4, -0.2) is 29.5 Å². The molecule has 29 heavy (non-hydrogen) atoms. The van der Waals surface area contributed by atoms with Crippen LogP contribution < -0.4 is 10.1 Å². The quantitative estimate of drug-likeness (QED) is 0.763. The molecule has 0 spiro atoms. The van der Waals surface area contributed by atoms with Gasteiger partial charge in [0.15, 0.2) is 11.6 Å². The minimum Gasteiger partial charge on any atom is -0.403 e. The number of amides is 1. The predicted octanol–water partition coefficient (Wildman–Crippen LogP) is 4.33. The van der Waals surface area contributed by atoms with Gasteiger partial charge in [0, 0.05) is 17.8 Å². The molecule has 3 heterocycles. The van der Waals surface area contributed by atoms with E-state index in [4.69, 9.17) is 4.74 Å². The third-order valence-corrected chi connectivity index (χ3v) is 5.30. The van der Waals surface area contributed by atoms with Gasteiger partial charge < -0.3 is 14.8 Å². The zero-order chi connectivity index (χ0) is 20.8. The summed E-state index contributed by atoms with van der Waals surface area (Å²) in [5.74, 6) is -3.72. The van der Waals surface area contributed by atoms with E-state index in [1.807, 2.05) is 19.1 Å². The van der Waals surface area contributed by atoms with Crippen molar-refractivity contribution >= 4 is 11.6 Å². The average molecular weight is 410 g/mol. The Morgan fingerprint density at radius 2 is 2.00 bits per heavy atom. The largest absolute Gasteiger partial charge is 0.573 e. The molecule has 1 N–H and O–H groups in total. The van der Waals surface area contributed by atoms with E-state index in [9.17, 15) is 22.4 Å². The first kappa shape index (κ1) is 19.6. The summed E-state index contributed by atoms with van der Waals surface area (Å²) in [5.41, 5.74) is 1.32. The van der Waals surface area contributed by atoms with Crippen LogP contribution in [0.4, 0.5) is 23.2 Å². The van der Waals surface area contributed by atoms with E-state index < -0.39 is 29.8 Å². The van der Waals surface area contributed by atoms with Gasteiger partial charge in [-0.15, -0.1) is 13.2 Å². The van der Waals surface area contributed by atoms with Gasteiger partial charge in [-0.3, -0.25) is 9.78 Å². The predicted molar refractivity (Wildman–Crippen MR) is 94.8 cm³/mol. The maximum atomic E-state index is 14.4. The molecule has 2 aliphatic rings. The van der Waals surface area contributed by atoms with E-state index in [-0.39, 0.29) is 23.8 Å². The fourth-order valence-corrected chi connectivity index (χ4v) is 4.16. The lowest BCUT2D eigenvalue weighted by Crippen LogP contribution is -2.36. The van der Waals surface area contributed by atoms with Crippen LogP contribution in [0, 0.1) is 18.7 Å². The Bertz CT molecular complexity index is 934. The van der Waals surface area contributed by atoms with Crippen molar-refractivity contribution in [2.45, 2.75) is 44.3 Å². The third-order valence-electron chi connectivity index (χ3n) is 5.30. The number of nitrogens with one attached hydrogen (secondary N) is 1. The monoisotopic (exact) mass is 410 g/mol.